The third-order valence-corrected chi connectivity index (χ3v) is 2.58. The molecule has 0 radical (unpaired) electrons. The Hall–Kier alpha value is -0.921. The second-order valence-corrected chi connectivity index (χ2v) is 7.18. The number of hydrogen-bond acceptors (Lipinski definition) is 1. The van der Waals surface area contributed by atoms with Crippen LogP contribution in [0, 0.1) is 6.07 Å². The molecule has 0 fully saturated rings. The molecule has 0 unspecified atom stereocenters. The fourth-order valence-corrected chi connectivity index (χ4v) is 1.75. The van der Waals surface area contributed by atoms with Crippen LogP contribution >= 0.6 is 19.2 Å². The van der Waals surface area contributed by atoms with Gasteiger partial charge in [0.05, 0.1) is 0 Å². The maximum absolute atomic E-state index is 4.89. The zero-order valence-electron chi connectivity index (χ0n) is 9.81. The average molecular weight is 467 g/mol. The van der Waals surface area contributed by atoms with E-state index in [-0.39, 0.29) is 0 Å². The Balaban J connectivity index is 0.000000408. The fraction of sp³-hybridized carbons (Fsp3) is 0. The molecule has 0 aliphatic heterocycles. The summed E-state index contributed by atoms with van der Waals surface area (Å²) in [7, 11) is 9.78. The molecular weight excluding hydrogens is 457 g/mol. The van der Waals surface area contributed by atoms with Crippen molar-refractivity contribution in [2.45, 2.75) is 0 Å². The summed E-state index contributed by atoms with van der Waals surface area (Å²) in [4.78, 5) is 4.59. The third-order valence-electron chi connectivity index (χ3n) is 2.58. The van der Waals surface area contributed by atoms with Crippen LogP contribution in [0.2, 0.25) is 0 Å². The van der Waals surface area contributed by atoms with Gasteiger partial charge in [-0.05, 0) is 11.8 Å². The Morgan fingerprint density at radius 2 is 1.53 bits per heavy atom. The van der Waals surface area contributed by atoms with Crippen LogP contribution in [-0.2, 0) is 15.7 Å². The Bertz CT molecular complexity index is 644. The van der Waals surface area contributed by atoms with Crippen molar-refractivity contribution >= 4 is 30.1 Å². The van der Waals surface area contributed by atoms with Gasteiger partial charge in [-0.2, -0.15) is 12.1 Å². The predicted octanol–water partition coefficient (Wildman–Crippen LogP) is 5.08. The minimum absolute atomic E-state index is 0.556. The summed E-state index contributed by atoms with van der Waals surface area (Å²) in [5, 5.41) is 1.13. The van der Waals surface area contributed by atoms with Gasteiger partial charge in [0.1, 0.15) is 0 Å². The van der Waals surface area contributed by atoms with Crippen LogP contribution in [-0.4, -0.2) is 4.98 Å². The molecule has 0 amide bonds. The standard InChI is InChI=1S/C15H10N.2ClH.Ir/c1-2-6-12(7-3-1)15-11-10-13-8-4-5-9-14(13)16-15;;;/h1-10H;2*1H;/q-1;;;+3/p-2. The number of aromatic nitrogens is 1. The maximum atomic E-state index is 4.89. The summed E-state index contributed by atoms with van der Waals surface area (Å²) < 4.78 is 0. The molecule has 4 heteroatoms. The molecule has 98 valence electrons. The van der Waals surface area contributed by atoms with Crippen molar-refractivity contribution in [2.24, 2.45) is 0 Å². The van der Waals surface area contributed by atoms with Gasteiger partial charge >= 0.3 is 34.8 Å². The molecule has 0 aliphatic carbocycles. The van der Waals surface area contributed by atoms with Crippen molar-refractivity contribution in [3.05, 3.63) is 66.7 Å². The molecule has 3 rings (SSSR count). The number of fused-ring (bicyclic) bond motifs is 1. The van der Waals surface area contributed by atoms with E-state index in [0.29, 0.717) is 0 Å². The van der Waals surface area contributed by atoms with Gasteiger partial charge in [-0.25, -0.2) is 0 Å². The largest absolute Gasteiger partial charge is 0.288 e. The Labute approximate surface area is 128 Å². The molecule has 0 N–H and O–H groups in total. The maximum Gasteiger partial charge on any atom is 0.0143 e. The molecule has 0 spiro atoms. The van der Waals surface area contributed by atoms with Gasteiger partial charge in [0.2, 0.25) is 0 Å². The Kier molecular flexibility index (Phi) is 5.81. The van der Waals surface area contributed by atoms with E-state index in [0.717, 1.165) is 22.2 Å². The van der Waals surface area contributed by atoms with E-state index < -0.39 is 15.7 Å². The molecule has 0 saturated heterocycles. The van der Waals surface area contributed by atoms with Crippen molar-refractivity contribution in [1.82, 2.24) is 4.98 Å². The number of hydrogen-bond donors (Lipinski definition) is 0. The van der Waals surface area contributed by atoms with Crippen molar-refractivity contribution in [1.29, 1.82) is 0 Å². The number of rotatable bonds is 1. The number of pyridine rings is 1. The van der Waals surface area contributed by atoms with E-state index in [1.165, 1.54) is 0 Å². The van der Waals surface area contributed by atoms with Crippen LogP contribution in [0.3, 0.4) is 0 Å². The van der Waals surface area contributed by atoms with Gasteiger partial charge < -0.3 is 0 Å². The normalized spacial score (nSPS) is 10.0. The first kappa shape index (κ1) is 14.5. The zero-order valence-corrected chi connectivity index (χ0v) is 13.7. The van der Waals surface area contributed by atoms with E-state index in [9.17, 15) is 0 Å². The van der Waals surface area contributed by atoms with Gasteiger partial charge in [-0.15, -0.1) is 18.2 Å². The first-order valence-corrected chi connectivity index (χ1v) is 11.5. The van der Waals surface area contributed by atoms with E-state index in [1.54, 1.807) is 0 Å². The molecule has 3 aromatic rings. The van der Waals surface area contributed by atoms with Crippen LogP contribution < -0.4 is 0 Å². The van der Waals surface area contributed by atoms with Crippen molar-refractivity contribution in [3.63, 3.8) is 0 Å². The summed E-state index contributed by atoms with van der Waals surface area (Å²) in [5.74, 6) is 0. The average Bonchev–Trinajstić information content (AvgIpc) is 2.48. The molecule has 0 bridgehead atoms. The van der Waals surface area contributed by atoms with Crippen LogP contribution in [0.5, 0.6) is 0 Å². The quantitative estimate of drug-likeness (QED) is 0.455. The molecule has 1 aromatic heterocycles. The molecular formula is C15H10Cl2IrN. The summed E-state index contributed by atoms with van der Waals surface area (Å²) in [5.41, 5.74) is 3.02. The van der Waals surface area contributed by atoms with Gasteiger partial charge in [0.15, 0.2) is 0 Å². The summed E-state index contributed by atoms with van der Waals surface area (Å²) >= 11 is -0.556. The van der Waals surface area contributed by atoms with Gasteiger partial charge in [-0.3, -0.25) is 4.98 Å². The first-order chi connectivity index (χ1) is 9.35. The fourth-order valence-electron chi connectivity index (χ4n) is 1.75. The van der Waals surface area contributed by atoms with Gasteiger partial charge in [-0.1, -0.05) is 41.3 Å². The Morgan fingerprint density at radius 1 is 0.895 bits per heavy atom. The monoisotopic (exact) mass is 467 g/mol. The number of para-hydroxylation sites is 1. The minimum atomic E-state index is -0.556. The topological polar surface area (TPSA) is 12.9 Å². The van der Waals surface area contributed by atoms with Crippen LogP contribution in [0.15, 0.2) is 60.7 Å². The molecule has 1 nitrogen and oxygen atoms in total. The molecule has 0 saturated carbocycles. The van der Waals surface area contributed by atoms with Crippen LogP contribution in [0.1, 0.15) is 0 Å². The number of nitrogens with zero attached hydrogens (tertiary/aromatic N) is 1. The van der Waals surface area contributed by atoms with E-state index in [1.807, 2.05) is 60.7 Å². The Morgan fingerprint density at radius 3 is 2.26 bits per heavy atom. The van der Waals surface area contributed by atoms with E-state index >= 15 is 0 Å². The van der Waals surface area contributed by atoms with E-state index in [4.69, 9.17) is 19.2 Å². The minimum Gasteiger partial charge on any atom is -0.288 e. The second kappa shape index (κ2) is 7.62. The van der Waals surface area contributed by atoms with Crippen molar-refractivity contribution < 1.29 is 15.7 Å². The molecule has 19 heavy (non-hydrogen) atoms. The van der Waals surface area contributed by atoms with Crippen molar-refractivity contribution in [2.75, 3.05) is 0 Å². The molecule has 2 aromatic carbocycles. The molecule has 1 heterocycles. The number of benzene rings is 2. The summed E-state index contributed by atoms with van der Waals surface area (Å²) in [6.07, 6.45) is 0. The molecule has 0 aliphatic rings. The summed E-state index contributed by atoms with van der Waals surface area (Å²) in [6, 6.07) is 23.4. The second-order valence-electron chi connectivity index (χ2n) is 3.72. The molecule has 0 atom stereocenters. The third kappa shape index (κ3) is 4.02. The summed E-state index contributed by atoms with van der Waals surface area (Å²) in [6.45, 7) is 0. The van der Waals surface area contributed by atoms with Crippen LogP contribution in [0.4, 0.5) is 0 Å². The smallest absolute Gasteiger partial charge is 0.0143 e. The zero-order chi connectivity index (χ0) is 13.5. The predicted molar refractivity (Wildman–Crippen MR) is 77.7 cm³/mol. The van der Waals surface area contributed by atoms with Gasteiger partial charge in [0, 0.05) is 5.52 Å². The first-order valence-electron chi connectivity index (χ1n) is 5.51. The SMILES string of the molecule is [Cl][Ir+][Cl].[c-]1cc2ccccc2nc1-c1ccccc1. The van der Waals surface area contributed by atoms with E-state index in [2.05, 4.69) is 11.1 Å². The number of halogens is 2. The van der Waals surface area contributed by atoms with Crippen molar-refractivity contribution in [3.8, 4) is 11.3 Å². The van der Waals surface area contributed by atoms with Gasteiger partial charge in [0.25, 0.3) is 0 Å². The van der Waals surface area contributed by atoms with Crippen LogP contribution in [0.25, 0.3) is 22.2 Å².